The van der Waals surface area contributed by atoms with E-state index in [0.717, 1.165) is 5.56 Å². The summed E-state index contributed by atoms with van der Waals surface area (Å²) >= 11 is 18.9. The van der Waals surface area contributed by atoms with Gasteiger partial charge in [-0.3, -0.25) is 14.2 Å². The molecule has 2 heterocycles. The summed E-state index contributed by atoms with van der Waals surface area (Å²) in [5.74, 6) is 0.113. The number of hydrogen-bond donors (Lipinski definition) is 1. The highest BCUT2D eigenvalue weighted by molar-refractivity contribution is 9.11. The minimum atomic E-state index is -0.299. The number of aryl methyl sites for hydroxylation is 1. The van der Waals surface area contributed by atoms with E-state index in [1.807, 2.05) is 13.0 Å². The third-order valence-electron chi connectivity index (χ3n) is 3.61. The van der Waals surface area contributed by atoms with Crippen molar-refractivity contribution in [2.24, 2.45) is 0 Å². The van der Waals surface area contributed by atoms with Gasteiger partial charge in [-0.1, -0.05) is 29.3 Å². The lowest BCUT2D eigenvalue weighted by molar-refractivity contribution is 0.101. The Balaban J connectivity index is 1.80. The van der Waals surface area contributed by atoms with Crippen molar-refractivity contribution in [3.63, 3.8) is 0 Å². The molecule has 1 amide bonds. The number of rotatable bonds is 5. The molecule has 2 aromatic heterocycles. The molecule has 0 aliphatic rings. The lowest BCUT2D eigenvalue weighted by Gasteiger charge is -2.06. The molecule has 0 atom stereocenters. The van der Waals surface area contributed by atoms with Crippen molar-refractivity contribution in [2.45, 2.75) is 20.0 Å². The van der Waals surface area contributed by atoms with E-state index in [0.29, 0.717) is 43.6 Å². The van der Waals surface area contributed by atoms with E-state index in [1.165, 1.54) is 0 Å². The van der Waals surface area contributed by atoms with E-state index >= 15 is 0 Å². The number of nitrogens with one attached hydrogen (secondary N) is 1. The number of anilines is 1. The average molecular weight is 522 g/mol. The summed E-state index contributed by atoms with van der Waals surface area (Å²) in [4.78, 5) is 12.6. The molecule has 136 valence electrons. The third-order valence-corrected chi connectivity index (χ3v) is 5.35. The van der Waals surface area contributed by atoms with Crippen LogP contribution >= 0.6 is 55.1 Å². The van der Waals surface area contributed by atoms with E-state index in [9.17, 15) is 4.79 Å². The molecule has 0 aliphatic carbocycles. The number of halogens is 4. The minimum Gasteiger partial charge on any atom is -0.303 e. The summed E-state index contributed by atoms with van der Waals surface area (Å²) in [6.07, 6.45) is 3.36. The summed E-state index contributed by atoms with van der Waals surface area (Å²) in [5, 5.41) is 12.5. The molecule has 1 N–H and O–H groups in total. The summed E-state index contributed by atoms with van der Waals surface area (Å²) in [6, 6.07) is 5.30. The highest BCUT2D eigenvalue weighted by Crippen LogP contribution is 2.25. The molecule has 0 bridgehead atoms. The standard InChI is InChI=1S/C16H13Br2Cl2N5O/c1-2-25-14(11(17)6-21-25)16(26)22-15-12(18)8-24(23-15)7-9-3-4-10(19)5-13(9)20/h3-6,8H,2,7H2,1H3,(H,22,23,26). The molecule has 6 nitrogen and oxygen atoms in total. The van der Waals surface area contributed by atoms with Gasteiger partial charge in [0, 0.05) is 22.8 Å². The molecule has 0 saturated carbocycles. The van der Waals surface area contributed by atoms with Crippen molar-refractivity contribution in [3.05, 3.63) is 60.8 Å². The van der Waals surface area contributed by atoms with Crippen LogP contribution in [0.2, 0.25) is 10.0 Å². The lowest BCUT2D eigenvalue weighted by atomic mass is 10.2. The van der Waals surface area contributed by atoms with Crippen LogP contribution in [-0.4, -0.2) is 25.5 Å². The number of nitrogens with zero attached hydrogens (tertiary/aromatic N) is 4. The smallest absolute Gasteiger partial charge is 0.276 e. The van der Waals surface area contributed by atoms with E-state index in [2.05, 4.69) is 47.4 Å². The average Bonchev–Trinajstić information content (AvgIpc) is 3.12. The summed E-state index contributed by atoms with van der Waals surface area (Å²) < 4.78 is 4.58. The van der Waals surface area contributed by atoms with Crippen molar-refractivity contribution < 1.29 is 4.79 Å². The van der Waals surface area contributed by atoms with Crippen LogP contribution in [0.4, 0.5) is 5.82 Å². The summed E-state index contributed by atoms with van der Waals surface area (Å²) in [5.41, 5.74) is 1.31. The van der Waals surface area contributed by atoms with Crippen LogP contribution in [0.1, 0.15) is 23.0 Å². The molecule has 0 saturated heterocycles. The number of aromatic nitrogens is 4. The zero-order valence-corrected chi connectivity index (χ0v) is 18.2. The van der Waals surface area contributed by atoms with Gasteiger partial charge in [0.15, 0.2) is 5.82 Å². The molecule has 1 aromatic carbocycles. The maximum atomic E-state index is 12.6. The van der Waals surface area contributed by atoms with Crippen LogP contribution in [0.3, 0.4) is 0 Å². The van der Waals surface area contributed by atoms with E-state index in [-0.39, 0.29) is 5.91 Å². The summed E-state index contributed by atoms with van der Waals surface area (Å²) in [7, 11) is 0. The van der Waals surface area contributed by atoms with E-state index < -0.39 is 0 Å². The molecule has 26 heavy (non-hydrogen) atoms. The van der Waals surface area contributed by atoms with Crippen LogP contribution in [0.5, 0.6) is 0 Å². The zero-order valence-electron chi connectivity index (χ0n) is 13.5. The highest BCUT2D eigenvalue weighted by Gasteiger charge is 2.19. The van der Waals surface area contributed by atoms with Crippen molar-refractivity contribution in [2.75, 3.05) is 5.32 Å². The third kappa shape index (κ3) is 4.14. The Morgan fingerprint density at radius 2 is 2.04 bits per heavy atom. The highest BCUT2D eigenvalue weighted by atomic mass is 79.9. The van der Waals surface area contributed by atoms with Crippen LogP contribution in [0, 0.1) is 0 Å². The first-order valence-corrected chi connectivity index (χ1v) is 9.92. The second-order valence-corrected chi connectivity index (χ2v) is 7.92. The largest absolute Gasteiger partial charge is 0.303 e. The predicted molar refractivity (Wildman–Crippen MR) is 109 cm³/mol. The van der Waals surface area contributed by atoms with Gasteiger partial charge in [0.1, 0.15) is 5.69 Å². The quantitative estimate of drug-likeness (QED) is 0.500. The first-order valence-electron chi connectivity index (χ1n) is 7.58. The van der Waals surface area contributed by atoms with Crippen LogP contribution in [-0.2, 0) is 13.1 Å². The minimum absolute atomic E-state index is 0.299. The van der Waals surface area contributed by atoms with Gasteiger partial charge in [0.05, 0.1) is 21.7 Å². The fraction of sp³-hybridized carbons (Fsp3) is 0.188. The molecule has 3 rings (SSSR count). The summed E-state index contributed by atoms with van der Waals surface area (Å²) in [6.45, 7) is 2.94. The van der Waals surface area contributed by atoms with Gasteiger partial charge in [0.2, 0.25) is 0 Å². The number of carbonyl (C=O) groups excluding carboxylic acids is 1. The van der Waals surface area contributed by atoms with Gasteiger partial charge >= 0.3 is 0 Å². The second kappa shape index (κ2) is 8.12. The maximum absolute atomic E-state index is 12.6. The van der Waals surface area contributed by atoms with Gasteiger partial charge in [-0.05, 0) is 56.5 Å². The zero-order chi connectivity index (χ0) is 18.8. The number of amides is 1. The Bertz CT molecular complexity index is 970. The predicted octanol–water partition coefficient (Wildman–Crippen LogP) is 5.23. The van der Waals surface area contributed by atoms with Gasteiger partial charge in [0.25, 0.3) is 5.91 Å². The normalized spacial score (nSPS) is 11.0. The molecular weight excluding hydrogens is 509 g/mol. The van der Waals surface area contributed by atoms with Crippen molar-refractivity contribution in [3.8, 4) is 0 Å². The van der Waals surface area contributed by atoms with Gasteiger partial charge < -0.3 is 5.32 Å². The molecule has 10 heteroatoms. The Kier molecular flexibility index (Phi) is 6.06. The lowest BCUT2D eigenvalue weighted by Crippen LogP contribution is -2.18. The first-order chi connectivity index (χ1) is 12.4. The first kappa shape index (κ1) is 19.4. The molecule has 0 spiro atoms. The molecule has 3 aromatic rings. The Morgan fingerprint density at radius 3 is 2.73 bits per heavy atom. The van der Waals surface area contributed by atoms with E-state index in [4.69, 9.17) is 23.2 Å². The fourth-order valence-electron chi connectivity index (χ4n) is 2.38. The number of hydrogen-bond acceptors (Lipinski definition) is 3. The Morgan fingerprint density at radius 1 is 1.27 bits per heavy atom. The van der Waals surface area contributed by atoms with Crippen molar-refractivity contribution in [1.82, 2.24) is 19.6 Å². The molecule has 0 unspecified atom stereocenters. The topological polar surface area (TPSA) is 64.7 Å². The van der Waals surface area contributed by atoms with Gasteiger partial charge in [-0.2, -0.15) is 10.2 Å². The Labute approximate surface area is 176 Å². The van der Waals surface area contributed by atoms with Crippen molar-refractivity contribution >= 4 is 66.8 Å². The SMILES string of the molecule is CCn1ncc(Br)c1C(=O)Nc1nn(Cc2ccc(Cl)cc2Cl)cc1Br. The van der Waals surface area contributed by atoms with Gasteiger partial charge in [-0.25, -0.2) is 0 Å². The van der Waals surface area contributed by atoms with Crippen molar-refractivity contribution in [1.29, 1.82) is 0 Å². The van der Waals surface area contributed by atoms with Crippen LogP contribution < -0.4 is 5.32 Å². The fourth-order valence-corrected chi connectivity index (χ4v) is 3.74. The monoisotopic (exact) mass is 519 g/mol. The molecular formula is C16H13Br2Cl2N5O. The second-order valence-electron chi connectivity index (χ2n) is 5.37. The van der Waals surface area contributed by atoms with Crippen LogP contribution in [0.15, 0.2) is 39.5 Å². The molecule has 0 fully saturated rings. The molecule has 0 aliphatic heterocycles. The maximum Gasteiger partial charge on any atom is 0.276 e. The van der Waals surface area contributed by atoms with E-state index in [1.54, 1.807) is 33.9 Å². The molecule has 0 radical (unpaired) electrons. The Hall–Kier alpha value is -1.35. The number of carbonyl (C=O) groups is 1. The van der Waals surface area contributed by atoms with Crippen LogP contribution in [0.25, 0.3) is 0 Å². The number of benzene rings is 1. The van der Waals surface area contributed by atoms with Gasteiger partial charge in [-0.15, -0.1) is 0 Å².